The van der Waals surface area contributed by atoms with E-state index in [0.29, 0.717) is 0 Å². The lowest BCUT2D eigenvalue weighted by Gasteiger charge is -2.50. The van der Waals surface area contributed by atoms with Crippen molar-refractivity contribution < 1.29 is 193 Å². The van der Waals surface area contributed by atoms with Crippen molar-refractivity contribution in [1.82, 2.24) is 0 Å². The van der Waals surface area contributed by atoms with Gasteiger partial charge in [0.25, 0.3) is 5.79 Å². The number of carboxylic acids is 1. The number of hydrogen-bond acceptors (Lipinski definition) is 39. The zero-order valence-corrected chi connectivity index (χ0v) is 51.9. The lowest BCUT2D eigenvalue weighted by molar-refractivity contribution is -0.392. The maximum atomic E-state index is 12.7. The third kappa shape index (κ3) is 16.4. The zero-order chi connectivity index (χ0) is 70.1. The molecule has 8 aliphatic heterocycles. The molecule has 554 valence electrons. The highest BCUT2D eigenvalue weighted by Gasteiger charge is 2.60. The van der Waals surface area contributed by atoms with Crippen LogP contribution < -0.4 is 5.73 Å². The smallest absolute Gasteiger partial charge is 0.364 e. The van der Waals surface area contributed by atoms with Crippen LogP contribution >= 0.6 is 0 Å². The fourth-order valence-corrected chi connectivity index (χ4v) is 12.7. The molecule has 8 saturated heterocycles. The first-order valence-electron chi connectivity index (χ1n) is 31.2. The first-order chi connectivity index (χ1) is 44.8. The van der Waals surface area contributed by atoms with Crippen LogP contribution in [0.25, 0.3) is 0 Å². The molecule has 0 aromatic heterocycles. The van der Waals surface area contributed by atoms with Gasteiger partial charge in [0.2, 0.25) is 0 Å². The molecule has 0 amide bonds. The summed E-state index contributed by atoms with van der Waals surface area (Å²) in [5.41, 5.74) is 5.93. The summed E-state index contributed by atoms with van der Waals surface area (Å²) in [6.07, 6.45) is -66.1. The fraction of sp³-hybridized carbons (Fsp3) is 0.982. The third-order valence-electron chi connectivity index (χ3n) is 19.1. The van der Waals surface area contributed by atoms with Crippen molar-refractivity contribution in [3.63, 3.8) is 0 Å². The molecule has 8 aliphatic rings. The normalized spacial score (nSPS) is 51.6. The Kier molecular flexibility index (Phi) is 27.6. The van der Waals surface area contributed by atoms with Crippen LogP contribution in [0.2, 0.25) is 0 Å². The van der Waals surface area contributed by atoms with Crippen LogP contribution in [0.4, 0.5) is 0 Å². The minimum absolute atomic E-state index is 0.497. The van der Waals surface area contributed by atoms with Crippen LogP contribution in [0.15, 0.2) is 0 Å². The molecule has 0 aliphatic carbocycles. The van der Waals surface area contributed by atoms with Crippen molar-refractivity contribution in [2.24, 2.45) is 23.5 Å². The molecule has 40 heteroatoms. The molecule has 8 fully saturated rings. The molecule has 41 atom stereocenters. The van der Waals surface area contributed by atoms with Crippen molar-refractivity contribution in [2.75, 3.05) is 52.9 Å². The molecule has 95 heavy (non-hydrogen) atoms. The number of aliphatic hydroxyl groups is 22. The van der Waals surface area contributed by atoms with Crippen LogP contribution in [0.1, 0.15) is 34.1 Å². The lowest BCUT2D eigenvalue weighted by atomic mass is 9.88. The zero-order valence-electron chi connectivity index (χ0n) is 51.9. The molecule has 0 bridgehead atoms. The predicted molar refractivity (Wildman–Crippen MR) is 297 cm³/mol. The Morgan fingerprint density at radius 1 is 0.432 bits per heavy atom. The van der Waals surface area contributed by atoms with Crippen molar-refractivity contribution in [3.8, 4) is 0 Å². The van der Waals surface area contributed by atoms with E-state index in [1.165, 1.54) is 13.8 Å². The highest BCUT2D eigenvalue weighted by Crippen LogP contribution is 2.41. The Labute approximate surface area is 541 Å². The second-order valence-electron chi connectivity index (χ2n) is 25.4. The first-order valence-corrected chi connectivity index (χ1v) is 31.2. The van der Waals surface area contributed by atoms with Gasteiger partial charge >= 0.3 is 5.97 Å². The summed E-state index contributed by atoms with van der Waals surface area (Å²) < 4.78 is 88.2. The molecule has 8 heterocycles. The minimum atomic E-state index is -2.90. The Morgan fingerprint density at radius 3 is 1.31 bits per heavy atom. The number of ether oxygens (including phenoxy) is 15. The van der Waals surface area contributed by atoms with Crippen LogP contribution in [0.5, 0.6) is 0 Å². The van der Waals surface area contributed by atoms with Crippen molar-refractivity contribution >= 4 is 5.97 Å². The Bertz CT molecular complexity index is 2360. The van der Waals surface area contributed by atoms with Gasteiger partial charge in [0.05, 0.1) is 89.4 Å². The van der Waals surface area contributed by atoms with Gasteiger partial charge in [-0.2, -0.15) is 0 Å². The van der Waals surface area contributed by atoms with Gasteiger partial charge in [-0.15, -0.1) is 0 Å². The van der Waals surface area contributed by atoms with Crippen LogP contribution in [0.3, 0.4) is 0 Å². The lowest BCUT2D eigenvalue weighted by Crippen LogP contribution is -2.67. The second-order valence-corrected chi connectivity index (χ2v) is 25.4. The van der Waals surface area contributed by atoms with Crippen molar-refractivity contribution in [2.45, 2.75) is 267 Å². The standard InChI is InChI=1S/C55H95NO39/c1-14-17(4)83-22(9-60)42(28(14)65)90-48-15(2)29(66)44(24(11-62)86-48)92-52-41(78)46(93-50-39(76)36(73)32(69)20(7-58)84-50)35(72)25(88-52)12-81-53-47(38(75)33(70)21(8-59)85-53)94-49-16(3)30(67)43(23(10-61)87-49)91-51-40(77)37(74)34(71)26(89-51)13-82-55(54(79)80)5-18(63)27(56)45(95-55)31(68)19(64)6-57/h14-53,57-78H,5-13,56H2,1-4H3,(H,79,80)/t14-,15+,16?,17+,18-,19-,20-,21?,22?,23+,24?,25?,26?,27-,28?,29?,30?,31-,32-,33-,34+,35-,36?,37+,38?,39?,40?,41-,42-,43-,44-,45?,46?,47-,48+,49+,50-,51+,52+,53+,55-/m1/s1. The van der Waals surface area contributed by atoms with Crippen molar-refractivity contribution in [3.05, 3.63) is 0 Å². The van der Waals surface area contributed by atoms with E-state index in [-0.39, 0.29) is 0 Å². The first kappa shape index (κ1) is 78.7. The van der Waals surface area contributed by atoms with Crippen LogP contribution in [-0.4, -0.2) is 409 Å². The molecule has 40 nitrogen and oxygen atoms in total. The number of carboxylic acid groups (broad SMARTS) is 1. The van der Waals surface area contributed by atoms with Gasteiger partial charge < -0.3 is 194 Å². The molecule has 0 aromatic rings. The van der Waals surface area contributed by atoms with Gasteiger partial charge in [-0.3, -0.25) is 0 Å². The van der Waals surface area contributed by atoms with Crippen LogP contribution in [0, 0.1) is 17.8 Å². The predicted octanol–water partition coefficient (Wildman–Crippen LogP) is -14.4. The van der Waals surface area contributed by atoms with Gasteiger partial charge in [-0.1, -0.05) is 20.8 Å². The Morgan fingerprint density at radius 2 is 0.821 bits per heavy atom. The summed E-state index contributed by atoms with van der Waals surface area (Å²) in [7, 11) is 0. The monoisotopic (exact) mass is 1390 g/mol. The van der Waals surface area contributed by atoms with E-state index < -0.39 is 316 Å². The molecular weight excluding hydrogens is 1300 g/mol. The molecule has 8 rings (SSSR count). The van der Waals surface area contributed by atoms with Crippen LogP contribution in [-0.2, 0) is 75.8 Å². The van der Waals surface area contributed by atoms with Gasteiger partial charge in [0.1, 0.15) is 153 Å². The summed E-state index contributed by atoms with van der Waals surface area (Å²) >= 11 is 0. The molecule has 0 spiro atoms. The Balaban J connectivity index is 0.984. The average molecular weight is 1390 g/mol. The summed E-state index contributed by atoms with van der Waals surface area (Å²) in [5, 5.41) is 249. The topological polar surface area (TPSA) is 647 Å². The van der Waals surface area contributed by atoms with Gasteiger partial charge in [0, 0.05) is 24.2 Å². The minimum Gasteiger partial charge on any atom is -0.477 e. The van der Waals surface area contributed by atoms with E-state index in [1.54, 1.807) is 13.8 Å². The fourth-order valence-electron chi connectivity index (χ4n) is 12.7. The number of aliphatic carboxylic acids is 1. The van der Waals surface area contributed by atoms with E-state index >= 15 is 0 Å². The third-order valence-corrected chi connectivity index (χ3v) is 19.1. The number of nitrogens with two attached hydrogens (primary N) is 1. The quantitative estimate of drug-likeness (QED) is 0.0404. The van der Waals surface area contributed by atoms with Crippen molar-refractivity contribution in [1.29, 1.82) is 0 Å². The Hall–Kier alpha value is -2.05. The highest BCUT2D eigenvalue weighted by molar-refractivity contribution is 5.76. The molecule has 15 unspecified atom stereocenters. The molecule has 25 N–H and O–H groups in total. The maximum absolute atomic E-state index is 12.7. The summed E-state index contributed by atoms with van der Waals surface area (Å²) in [6, 6.07) is -1.53. The molecule has 0 radical (unpaired) electrons. The maximum Gasteiger partial charge on any atom is 0.364 e. The number of rotatable bonds is 25. The molecule has 0 saturated carbocycles. The van der Waals surface area contributed by atoms with E-state index in [4.69, 9.17) is 76.8 Å². The molecule has 0 aromatic carbocycles. The van der Waals surface area contributed by atoms with Gasteiger partial charge in [-0.25, -0.2) is 4.79 Å². The summed E-state index contributed by atoms with van der Waals surface area (Å²) in [5.74, 6) is -7.78. The number of hydrogen-bond donors (Lipinski definition) is 24. The van der Waals surface area contributed by atoms with E-state index in [9.17, 15) is 122 Å². The summed E-state index contributed by atoms with van der Waals surface area (Å²) in [6.45, 7) is -1.43. The van der Waals surface area contributed by atoms with E-state index in [2.05, 4.69) is 0 Å². The van der Waals surface area contributed by atoms with E-state index in [1.807, 2.05) is 0 Å². The average Bonchev–Trinajstić information content (AvgIpc) is 0.793. The molecular formula is C55H95NO39. The SMILES string of the molecule is CC1C(O)[C@H](O[C@@H]2OC(CO[C@]3(C(=O)O)C[C@@H](O)[C@@H](N)C([C@H](O)[C@H](O)CO)O3)[C@H](O)[C@H](O)C2O)[C@H](CO)O[C@H]1O[C@@H]1C(O)[C@H](O)C(CO)O[C@@H]1OCC1O[C@@H](O[C@@H]2C(CO)O[C@@H](O[C@@H]3C(CO)O[C@@H](C)[C@@H](C)C3O)[C@@H](C)C2O)[C@H](O)C(O[C@H]2O[C@H](CO)[C@@H](O)C(O)C2O)[C@@H]1O. The largest absolute Gasteiger partial charge is 0.477 e. The number of carbonyl (C=O) groups is 1. The van der Waals surface area contributed by atoms with Gasteiger partial charge in [0.15, 0.2) is 37.7 Å². The van der Waals surface area contributed by atoms with Gasteiger partial charge in [-0.05, 0) is 6.92 Å². The van der Waals surface area contributed by atoms with E-state index in [0.717, 1.165) is 0 Å². The highest BCUT2D eigenvalue weighted by atomic mass is 16.8. The number of aliphatic hydroxyl groups excluding tert-OH is 22. The summed E-state index contributed by atoms with van der Waals surface area (Å²) in [4.78, 5) is 12.7. The second kappa shape index (κ2) is 33.4.